The first-order valence-corrected chi connectivity index (χ1v) is 4.09. The Bertz CT molecular complexity index is 466. The lowest BCUT2D eigenvalue weighted by Gasteiger charge is -2.09. The van der Waals surface area contributed by atoms with Crippen LogP contribution in [-0.4, -0.2) is 34.0 Å². The molecule has 0 spiro atoms. The van der Waals surface area contributed by atoms with Crippen LogP contribution < -0.4 is 10.6 Å². The van der Waals surface area contributed by atoms with Crippen LogP contribution in [0.1, 0.15) is 0 Å². The molecule has 0 atom stereocenters. The fourth-order valence-electron chi connectivity index (χ4n) is 1.07. The predicted molar refractivity (Wildman–Crippen MR) is 53.9 cm³/mol. The summed E-state index contributed by atoms with van der Waals surface area (Å²) in [7, 11) is 3.73. The molecule has 0 saturated heterocycles. The first-order chi connectivity index (χ1) is 6.68. The van der Waals surface area contributed by atoms with E-state index in [9.17, 15) is 0 Å². The van der Waals surface area contributed by atoms with E-state index < -0.39 is 0 Å². The molecule has 2 N–H and O–H groups in total. The van der Waals surface area contributed by atoms with Gasteiger partial charge in [-0.2, -0.15) is 4.98 Å². The second-order valence-corrected chi connectivity index (χ2v) is 3.06. The number of hydrogen-bond donors (Lipinski definition) is 1. The highest BCUT2D eigenvalue weighted by molar-refractivity contribution is 5.84. The van der Waals surface area contributed by atoms with Crippen molar-refractivity contribution in [3.63, 3.8) is 0 Å². The zero-order valence-corrected chi connectivity index (χ0v) is 7.97. The molecule has 0 unspecified atom stereocenters. The van der Waals surface area contributed by atoms with E-state index >= 15 is 0 Å². The maximum absolute atomic E-state index is 5.64. The molecule has 0 bridgehead atoms. The average molecular weight is 190 g/mol. The quantitative estimate of drug-likeness (QED) is 0.685. The van der Waals surface area contributed by atoms with Crippen LogP contribution in [0.4, 0.5) is 11.8 Å². The lowest BCUT2D eigenvalue weighted by atomic mass is 10.4. The first-order valence-electron chi connectivity index (χ1n) is 4.09. The Labute approximate surface area is 80.8 Å². The zero-order valence-electron chi connectivity index (χ0n) is 7.97. The summed E-state index contributed by atoms with van der Waals surface area (Å²) >= 11 is 0. The number of nitrogens with zero attached hydrogens (tertiary/aromatic N) is 5. The van der Waals surface area contributed by atoms with Crippen molar-refractivity contribution >= 4 is 22.8 Å². The summed E-state index contributed by atoms with van der Waals surface area (Å²) in [6.07, 6.45) is 3.02. The molecule has 2 aromatic heterocycles. The molecule has 0 aliphatic rings. The Hall–Kier alpha value is -1.98. The molecule has 2 aromatic rings. The third kappa shape index (κ3) is 1.30. The lowest BCUT2D eigenvalue weighted by Crippen LogP contribution is -2.12. The Morgan fingerprint density at radius 2 is 2.00 bits per heavy atom. The highest BCUT2D eigenvalue weighted by Crippen LogP contribution is 2.15. The molecule has 0 aromatic carbocycles. The van der Waals surface area contributed by atoms with E-state index in [1.807, 2.05) is 14.1 Å². The minimum absolute atomic E-state index is 0.403. The molecule has 0 fully saturated rings. The monoisotopic (exact) mass is 190 g/mol. The van der Waals surface area contributed by atoms with Gasteiger partial charge >= 0.3 is 0 Å². The maximum Gasteiger partial charge on any atom is 0.226 e. The van der Waals surface area contributed by atoms with Gasteiger partial charge < -0.3 is 10.6 Å². The standard InChI is InChI=1S/C8H10N6/c1-14(2)8-10-3-5-6(9)11-4-12-7(5)13-8/h3-4H,1-2H3,(H2,9,10,11,12,13). The number of fused-ring (bicyclic) bond motifs is 1. The van der Waals surface area contributed by atoms with Crippen molar-refractivity contribution in [3.05, 3.63) is 12.5 Å². The molecule has 6 nitrogen and oxygen atoms in total. The van der Waals surface area contributed by atoms with E-state index in [0.29, 0.717) is 22.8 Å². The fourth-order valence-corrected chi connectivity index (χ4v) is 1.07. The Kier molecular flexibility index (Phi) is 1.88. The third-order valence-corrected chi connectivity index (χ3v) is 1.81. The van der Waals surface area contributed by atoms with Gasteiger partial charge in [-0.15, -0.1) is 0 Å². The SMILES string of the molecule is CN(C)c1ncc2c(N)ncnc2n1. The van der Waals surface area contributed by atoms with Crippen LogP contribution in [0, 0.1) is 0 Å². The van der Waals surface area contributed by atoms with Gasteiger partial charge in [-0.3, -0.25) is 0 Å². The summed E-state index contributed by atoms with van der Waals surface area (Å²) in [6, 6.07) is 0. The predicted octanol–water partition coefficient (Wildman–Crippen LogP) is 0.0680. The topological polar surface area (TPSA) is 80.8 Å². The van der Waals surface area contributed by atoms with Crippen LogP contribution in [0.2, 0.25) is 0 Å². The largest absolute Gasteiger partial charge is 0.383 e. The van der Waals surface area contributed by atoms with Crippen molar-refractivity contribution in [2.24, 2.45) is 0 Å². The molecule has 0 amide bonds. The van der Waals surface area contributed by atoms with Gasteiger partial charge in [0, 0.05) is 20.3 Å². The Morgan fingerprint density at radius 3 is 2.71 bits per heavy atom. The van der Waals surface area contributed by atoms with Gasteiger partial charge in [-0.1, -0.05) is 0 Å². The van der Waals surface area contributed by atoms with Gasteiger partial charge in [-0.05, 0) is 0 Å². The fraction of sp³-hybridized carbons (Fsp3) is 0.250. The van der Waals surface area contributed by atoms with E-state index in [1.165, 1.54) is 6.33 Å². The molecule has 0 aliphatic carbocycles. The minimum atomic E-state index is 0.403. The summed E-state index contributed by atoms with van der Waals surface area (Å²) in [6.45, 7) is 0. The summed E-state index contributed by atoms with van der Waals surface area (Å²) in [5.41, 5.74) is 6.20. The van der Waals surface area contributed by atoms with Gasteiger partial charge in [0.2, 0.25) is 5.95 Å². The molecule has 0 saturated carbocycles. The number of anilines is 2. The van der Waals surface area contributed by atoms with Crippen molar-refractivity contribution in [3.8, 4) is 0 Å². The second-order valence-electron chi connectivity index (χ2n) is 3.06. The maximum atomic E-state index is 5.64. The van der Waals surface area contributed by atoms with Crippen molar-refractivity contribution in [2.45, 2.75) is 0 Å². The van der Waals surface area contributed by atoms with Crippen molar-refractivity contribution in [1.82, 2.24) is 19.9 Å². The number of hydrogen-bond acceptors (Lipinski definition) is 6. The van der Waals surface area contributed by atoms with E-state index in [-0.39, 0.29) is 0 Å². The molecule has 0 aliphatic heterocycles. The third-order valence-electron chi connectivity index (χ3n) is 1.81. The molecule has 72 valence electrons. The van der Waals surface area contributed by atoms with Crippen LogP contribution >= 0.6 is 0 Å². The smallest absolute Gasteiger partial charge is 0.226 e. The van der Waals surface area contributed by atoms with Crippen LogP contribution in [-0.2, 0) is 0 Å². The highest BCUT2D eigenvalue weighted by Gasteiger charge is 2.04. The summed E-state index contributed by atoms with van der Waals surface area (Å²) < 4.78 is 0. The van der Waals surface area contributed by atoms with Crippen molar-refractivity contribution in [1.29, 1.82) is 0 Å². The van der Waals surface area contributed by atoms with E-state index in [2.05, 4.69) is 19.9 Å². The molecular formula is C8H10N6. The van der Waals surface area contributed by atoms with Crippen molar-refractivity contribution < 1.29 is 0 Å². The average Bonchev–Trinajstić information content (AvgIpc) is 2.17. The van der Waals surface area contributed by atoms with Crippen LogP contribution in [0.3, 0.4) is 0 Å². The molecule has 2 rings (SSSR count). The Balaban J connectivity index is 2.67. The number of rotatable bonds is 1. The van der Waals surface area contributed by atoms with Crippen LogP contribution in [0.5, 0.6) is 0 Å². The second kappa shape index (κ2) is 3.06. The van der Waals surface area contributed by atoms with Crippen LogP contribution in [0.15, 0.2) is 12.5 Å². The number of nitrogen functional groups attached to an aromatic ring is 1. The molecule has 0 radical (unpaired) electrons. The molecule has 2 heterocycles. The zero-order chi connectivity index (χ0) is 10.1. The number of aromatic nitrogens is 4. The summed E-state index contributed by atoms with van der Waals surface area (Å²) in [5, 5.41) is 0.679. The van der Waals surface area contributed by atoms with Gasteiger partial charge in [0.1, 0.15) is 12.1 Å². The molecule has 6 heteroatoms. The lowest BCUT2D eigenvalue weighted by molar-refractivity contribution is 1.01. The van der Waals surface area contributed by atoms with Crippen molar-refractivity contribution in [2.75, 3.05) is 24.7 Å². The molecule has 14 heavy (non-hydrogen) atoms. The van der Waals surface area contributed by atoms with Gasteiger partial charge in [0.15, 0.2) is 5.65 Å². The molecular weight excluding hydrogens is 180 g/mol. The first kappa shape index (κ1) is 8.61. The van der Waals surface area contributed by atoms with E-state index in [1.54, 1.807) is 11.1 Å². The summed E-state index contributed by atoms with van der Waals surface area (Å²) in [5.74, 6) is 1.01. The normalized spacial score (nSPS) is 10.4. The summed E-state index contributed by atoms with van der Waals surface area (Å²) in [4.78, 5) is 18.0. The van der Waals surface area contributed by atoms with Gasteiger partial charge in [0.05, 0.1) is 5.39 Å². The van der Waals surface area contributed by atoms with Gasteiger partial charge in [0.25, 0.3) is 0 Å². The minimum Gasteiger partial charge on any atom is -0.383 e. The Morgan fingerprint density at radius 1 is 1.21 bits per heavy atom. The van der Waals surface area contributed by atoms with Gasteiger partial charge in [-0.25, -0.2) is 15.0 Å². The highest BCUT2D eigenvalue weighted by atomic mass is 15.2. The van der Waals surface area contributed by atoms with Crippen LogP contribution in [0.25, 0.3) is 11.0 Å². The number of nitrogens with two attached hydrogens (primary N) is 1. The van der Waals surface area contributed by atoms with E-state index in [4.69, 9.17) is 5.73 Å². The van der Waals surface area contributed by atoms with E-state index in [0.717, 1.165) is 0 Å².